The monoisotopic (exact) mass is 232 g/mol. The van der Waals surface area contributed by atoms with E-state index < -0.39 is 0 Å². The van der Waals surface area contributed by atoms with Crippen molar-refractivity contribution in [2.75, 3.05) is 13.2 Å². The highest BCUT2D eigenvalue weighted by Gasteiger charge is 2.15. The fourth-order valence-corrected chi connectivity index (χ4v) is 2.43. The van der Waals surface area contributed by atoms with Crippen molar-refractivity contribution in [1.82, 2.24) is 9.38 Å². The summed E-state index contributed by atoms with van der Waals surface area (Å²) in [5.74, 6) is 0.698. The van der Waals surface area contributed by atoms with Gasteiger partial charge in [-0.25, -0.2) is 0 Å². The van der Waals surface area contributed by atoms with Gasteiger partial charge in [-0.05, 0) is 25.2 Å². The molecule has 3 rings (SSSR count). The maximum atomic E-state index is 11.2. The molecule has 17 heavy (non-hydrogen) atoms. The molecule has 90 valence electrons. The zero-order valence-electron chi connectivity index (χ0n) is 9.69. The molecule has 0 aromatic carbocycles. The molecule has 2 aromatic rings. The van der Waals surface area contributed by atoms with Gasteiger partial charge in [-0.3, -0.25) is 4.79 Å². The fourth-order valence-electron chi connectivity index (χ4n) is 2.43. The molecule has 0 bridgehead atoms. The van der Waals surface area contributed by atoms with Crippen LogP contribution < -0.4 is 5.43 Å². The predicted molar refractivity (Wildman–Crippen MR) is 65.3 cm³/mol. The number of aromatic amines is 1. The second-order valence-electron chi connectivity index (χ2n) is 4.69. The largest absolute Gasteiger partial charge is 0.381 e. The standard InChI is InChI=1S/C13H16N2O2/c16-12-1-4-15-9-11(14-13(15)8-12)7-10-2-5-17-6-3-10/h1,4,8-10,14H,2-3,5-7H2. The number of fused-ring (bicyclic) bond motifs is 1. The van der Waals surface area contributed by atoms with Gasteiger partial charge in [-0.1, -0.05) is 0 Å². The average molecular weight is 232 g/mol. The van der Waals surface area contributed by atoms with E-state index in [9.17, 15) is 4.79 Å². The van der Waals surface area contributed by atoms with E-state index in [2.05, 4.69) is 11.2 Å². The summed E-state index contributed by atoms with van der Waals surface area (Å²) in [4.78, 5) is 14.5. The van der Waals surface area contributed by atoms with Crippen LogP contribution in [0.4, 0.5) is 0 Å². The van der Waals surface area contributed by atoms with Gasteiger partial charge in [0.25, 0.3) is 0 Å². The van der Waals surface area contributed by atoms with E-state index in [0.717, 1.165) is 38.1 Å². The van der Waals surface area contributed by atoms with Crippen LogP contribution in [0.3, 0.4) is 0 Å². The zero-order valence-corrected chi connectivity index (χ0v) is 9.69. The Labute approximate surface area is 99.2 Å². The lowest BCUT2D eigenvalue weighted by Crippen LogP contribution is -2.17. The fraction of sp³-hybridized carbons (Fsp3) is 0.462. The van der Waals surface area contributed by atoms with Crippen molar-refractivity contribution >= 4 is 5.65 Å². The van der Waals surface area contributed by atoms with E-state index in [0.29, 0.717) is 5.92 Å². The maximum Gasteiger partial charge on any atom is 0.183 e. The van der Waals surface area contributed by atoms with Gasteiger partial charge < -0.3 is 14.1 Å². The first kappa shape index (κ1) is 10.6. The molecule has 1 saturated heterocycles. The van der Waals surface area contributed by atoms with E-state index >= 15 is 0 Å². The maximum absolute atomic E-state index is 11.2. The number of aromatic nitrogens is 2. The van der Waals surface area contributed by atoms with Crippen LogP contribution in [-0.2, 0) is 11.2 Å². The predicted octanol–water partition coefficient (Wildman–Crippen LogP) is 1.60. The first-order valence-electron chi connectivity index (χ1n) is 6.09. The molecular formula is C13H16N2O2. The summed E-state index contributed by atoms with van der Waals surface area (Å²) >= 11 is 0. The average Bonchev–Trinajstić information content (AvgIpc) is 2.71. The normalized spacial score (nSPS) is 17.6. The Morgan fingerprint density at radius 1 is 1.41 bits per heavy atom. The van der Waals surface area contributed by atoms with Crippen LogP contribution in [0.15, 0.2) is 29.3 Å². The third kappa shape index (κ3) is 2.26. The minimum absolute atomic E-state index is 0.0458. The van der Waals surface area contributed by atoms with Crippen LogP contribution in [0.25, 0.3) is 5.65 Å². The highest BCUT2D eigenvalue weighted by Crippen LogP contribution is 2.19. The van der Waals surface area contributed by atoms with Gasteiger partial charge in [0.1, 0.15) is 5.65 Å². The first-order chi connectivity index (χ1) is 8.31. The Hall–Kier alpha value is -1.55. The van der Waals surface area contributed by atoms with Crippen molar-refractivity contribution in [3.05, 3.63) is 40.4 Å². The van der Waals surface area contributed by atoms with Crippen LogP contribution in [0.1, 0.15) is 18.5 Å². The van der Waals surface area contributed by atoms with Crippen molar-refractivity contribution in [2.24, 2.45) is 5.92 Å². The Morgan fingerprint density at radius 3 is 3.06 bits per heavy atom. The number of imidazole rings is 1. The lowest BCUT2D eigenvalue weighted by atomic mass is 9.95. The summed E-state index contributed by atoms with van der Waals surface area (Å²) in [6.07, 6.45) is 7.19. The van der Waals surface area contributed by atoms with Crippen LogP contribution >= 0.6 is 0 Å². The van der Waals surface area contributed by atoms with Crippen molar-refractivity contribution in [3.8, 4) is 0 Å². The molecule has 0 saturated carbocycles. The molecule has 2 aromatic heterocycles. The third-order valence-electron chi connectivity index (χ3n) is 3.39. The van der Waals surface area contributed by atoms with Gasteiger partial charge in [0, 0.05) is 43.4 Å². The van der Waals surface area contributed by atoms with Crippen molar-refractivity contribution in [2.45, 2.75) is 19.3 Å². The minimum Gasteiger partial charge on any atom is -0.381 e. The van der Waals surface area contributed by atoms with E-state index in [1.54, 1.807) is 12.1 Å². The molecule has 0 unspecified atom stereocenters. The van der Waals surface area contributed by atoms with Crippen LogP contribution in [0.5, 0.6) is 0 Å². The number of rotatable bonds is 2. The van der Waals surface area contributed by atoms with Gasteiger partial charge in [-0.15, -0.1) is 0 Å². The van der Waals surface area contributed by atoms with E-state index in [4.69, 9.17) is 4.74 Å². The second kappa shape index (κ2) is 4.37. The number of hydrogen-bond donors (Lipinski definition) is 1. The van der Waals surface area contributed by atoms with Gasteiger partial charge in [0.2, 0.25) is 0 Å². The van der Waals surface area contributed by atoms with E-state index in [-0.39, 0.29) is 5.43 Å². The zero-order chi connectivity index (χ0) is 11.7. The molecule has 0 amide bonds. The smallest absolute Gasteiger partial charge is 0.183 e. The summed E-state index contributed by atoms with van der Waals surface area (Å²) in [7, 11) is 0. The minimum atomic E-state index is 0.0458. The van der Waals surface area contributed by atoms with Crippen LogP contribution in [-0.4, -0.2) is 22.6 Å². The molecular weight excluding hydrogens is 216 g/mol. The Bertz CT molecular complexity index is 564. The molecule has 1 fully saturated rings. The Kier molecular flexibility index (Phi) is 2.73. The molecule has 0 aliphatic carbocycles. The Balaban J connectivity index is 1.82. The van der Waals surface area contributed by atoms with Gasteiger partial charge in [0.15, 0.2) is 5.43 Å². The van der Waals surface area contributed by atoms with Gasteiger partial charge >= 0.3 is 0 Å². The lowest BCUT2D eigenvalue weighted by molar-refractivity contribution is 0.0663. The molecule has 0 spiro atoms. The van der Waals surface area contributed by atoms with E-state index in [1.165, 1.54) is 5.69 Å². The number of nitrogens with zero attached hydrogens (tertiary/aromatic N) is 1. The SMILES string of the molecule is O=c1ccn2cc(CC3CCOCC3)[nH]c2c1. The molecule has 3 heterocycles. The second-order valence-corrected chi connectivity index (χ2v) is 4.69. The van der Waals surface area contributed by atoms with Crippen molar-refractivity contribution in [3.63, 3.8) is 0 Å². The molecule has 0 atom stereocenters. The molecule has 4 nitrogen and oxygen atoms in total. The van der Waals surface area contributed by atoms with Crippen LogP contribution in [0.2, 0.25) is 0 Å². The first-order valence-corrected chi connectivity index (χ1v) is 6.09. The molecule has 0 radical (unpaired) electrons. The number of H-pyrrole nitrogens is 1. The van der Waals surface area contributed by atoms with Crippen molar-refractivity contribution < 1.29 is 4.74 Å². The number of nitrogens with one attached hydrogen (secondary N) is 1. The topological polar surface area (TPSA) is 46.5 Å². The molecule has 1 aliphatic rings. The quantitative estimate of drug-likeness (QED) is 0.854. The molecule has 4 heteroatoms. The Morgan fingerprint density at radius 2 is 2.24 bits per heavy atom. The highest BCUT2D eigenvalue weighted by molar-refractivity contribution is 5.39. The lowest BCUT2D eigenvalue weighted by Gasteiger charge is -2.21. The van der Waals surface area contributed by atoms with Gasteiger partial charge in [-0.2, -0.15) is 0 Å². The van der Waals surface area contributed by atoms with Crippen molar-refractivity contribution in [1.29, 1.82) is 0 Å². The highest BCUT2D eigenvalue weighted by atomic mass is 16.5. The summed E-state index contributed by atoms with van der Waals surface area (Å²) in [5, 5.41) is 0. The molecule has 1 aliphatic heterocycles. The summed E-state index contributed by atoms with van der Waals surface area (Å²) in [6, 6.07) is 3.21. The molecule has 1 N–H and O–H groups in total. The van der Waals surface area contributed by atoms with Gasteiger partial charge in [0.05, 0.1) is 0 Å². The number of ether oxygens (including phenoxy) is 1. The number of pyridine rings is 1. The van der Waals surface area contributed by atoms with E-state index in [1.807, 2.05) is 10.6 Å². The summed E-state index contributed by atoms with van der Waals surface area (Å²) in [5.41, 5.74) is 2.12. The third-order valence-corrected chi connectivity index (χ3v) is 3.39. The van der Waals surface area contributed by atoms with Crippen LogP contribution in [0, 0.1) is 5.92 Å². The summed E-state index contributed by atoms with van der Waals surface area (Å²) < 4.78 is 7.32. The summed E-state index contributed by atoms with van der Waals surface area (Å²) in [6.45, 7) is 1.76. The number of hydrogen-bond acceptors (Lipinski definition) is 2.